The van der Waals surface area contributed by atoms with E-state index in [0.29, 0.717) is 96.5 Å². The summed E-state index contributed by atoms with van der Waals surface area (Å²) in [6, 6.07) is 35.9. The number of rotatable bonds is 18. The Morgan fingerprint density at radius 1 is 0.652 bits per heavy atom. The molecule has 5 aromatic heterocycles. The summed E-state index contributed by atoms with van der Waals surface area (Å²) in [5.41, 5.74) is 17.3. The van der Waals surface area contributed by atoms with Crippen molar-refractivity contribution in [1.29, 1.82) is 0 Å². The van der Waals surface area contributed by atoms with Gasteiger partial charge in [0, 0.05) is 59.5 Å². The molecule has 5 N–H and O–H groups in total. The molecule has 1 aliphatic carbocycles. The Labute approximate surface area is 876 Å². The van der Waals surface area contributed by atoms with Gasteiger partial charge in [0.1, 0.15) is 52.6 Å². The van der Waals surface area contributed by atoms with Crippen molar-refractivity contribution in [1.82, 2.24) is 69.9 Å². The summed E-state index contributed by atoms with van der Waals surface area (Å²) in [6.07, 6.45) is 17.6. The van der Waals surface area contributed by atoms with E-state index < -0.39 is 67.4 Å². The number of hydrogen-bond donors (Lipinski definition) is 4. The molecule has 0 radical (unpaired) electrons. The topological polar surface area (TPSA) is 538 Å². The van der Waals surface area contributed by atoms with Gasteiger partial charge in [-0.1, -0.05) is 89.6 Å². The first kappa shape index (κ1) is 110. The second-order valence-corrected chi connectivity index (χ2v) is 34.9. The summed E-state index contributed by atoms with van der Waals surface area (Å²) in [4.78, 5) is 79.1. The number of imidazole rings is 1. The Kier molecular flexibility index (Phi) is 44.4. The molecular weight excluding hydrogens is 1970 g/mol. The first-order valence-corrected chi connectivity index (χ1v) is 45.0. The summed E-state index contributed by atoms with van der Waals surface area (Å²) >= 11 is 18.7. The number of amides is 1. The summed E-state index contributed by atoms with van der Waals surface area (Å²) < 4.78 is 75.9. The second kappa shape index (κ2) is 54.5. The number of aliphatic hydroxyl groups excluding tert-OH is 1. The van der Waals surface area contributed by atoms with E-state index in [0.717, 1.165) is 75.9 Å². The normalized spacial score (nSPS) is 11.6. The maximum Gasteiger partial charge on any atom is 1.00 e. The smallest absolute Gasteiger partial charge is 1.00 e. The van der Waals surface area contributed by atoms with Crippen molar-refractivity contribution in [3.8, 4) is 103 Å². The Bertz CT molecular complexity index is 6410. The number of nitrogen functional groups attached to an aromatic ring is 1. The minimum absolute atomic E-state index is 0. The summed E-state index contributed by atoms with van der Waals surface area (Å²) in [5, 5.41) is 106. The predicted molar refractivity (Wildman–Crippen MR) is 484 cm³/mol. The SMILES string of the molecule is C#Cc1cccc([N+](=O)[O-])c1OCCCl.C[Si](C)(C)C#Cc1cccc([N+](=O)[O-])c1F.Cc1cc(F)c(C(=O)Nc2cccc3c2OCCn2nncc2-3)cc1-n1cnc(C2CC2)c1.Nc1cccc2c1OCCn1nncc1-2.O=CO[O-].O=[N+]([O-])c1cccc(-c2cn[nH]n2)c1OCCCl.O=[N+]([O-])c1cccc(Br)c1F.O=[N+]([O-])c1cccc2c1OCCn1nncc1-2.OCCCl.[H-].[K+].[K+]. The number of nitro groups is 5. The van der Waals surface area contributed by atoms with Gasteiger partial charge in [-0.15, -0.1) is 62.1 Å². The third-order valence-corrected chi connectivity index (χ3v) is 20.1. The number of terminal acetylenes is 1. The van der Waals surface area contributed by atoms with Crippen LogP contribution < -0.4 is 143 Å². The molecule has 41 nitrogen and oxygen atoms in total. The number of aliphatic hydroxyl groups is 1. The van der Waals surface area contributed by atoms with Crippen LogP contribution in [0.3, 0.4) is 0 Å². The first-order chi connectivity index (χ1) is 63.9. The van der Waals surface area contributed by atoms with Crippen molar-refractivity contribution in [2.75, 3.05) is 68.3 Å². The van der Waals surface area contributed by atoms with Crippen molar-refractivity contribution in [3.63, 3.8) is 0 Å². The van der Waals surface area contributed by atoms with E-state index in [1.165, 1.54) is 60.8 Å². The molecule has 135 heavy (non-hydrogen) atoms. The number of aryl methyl sites for hydroxylation is 1. The number of ether oxygens (including phenoxy) is 5. The average Bonchev–Trinajstić information content (AvgIpc) is 1.69. The van der Waals surface area contributed by atoms with Crippen LogP contribution in [0.1, 0.15) is 52.9 Å². The number of nitrogens with zero attached hydrogens (tertiary/aromatic N) is 18. The van der Waals surface area contributed by atoms with E-state index >= 15 is 0 Å². The van der Waals surface area contributed by atoms with E-state index in [1.54, 1.807) is 76.7 Å². The zero-order valence-electron chi connectivity index (χ0n) is 73.4. The molecular formula is C84H78BrCl3F3K2N21O20Si. The van der Waals surface area contributed by atoms with Crippen molar-refractivity contribution >= 4 is 111 Å². The fourth-order valence-electron chi connectivity index (χ4n) is 12.1. The first-order valence-electron chi connectivity index (χ1n) is 39.1. The number of alkyl halides is 3. The number of para-hydroxylation sites is 5. The number of nitrogens with one attached hydrogen (secondary N) is 2. The van der Waals surface area contributed by atoms with E-state index in [1.807, 2.05) is 72.3 Å². The molecule has 4 aliphatic rings. The summed E-state index contributed by atoms with van der Waals surface area (Å²) in [5.74, 6) is 5.33. The number of fused-ring (bicyclic) bond motifs is 9. The molecule has 8 aromatic carbocycles. The van der Waals surface area contributed by atoms with Crippen LogP contribution in [0, 0.1) is 98.8 Å². The quantitative estimate of drug-likeness (QED) is 0.00911. The van der Waals surface area contributed by atoms with E-state index in [4.69, 9.17) is 85.8 Å². The van der Waals surface area contributed by atoms with Gasteiger partial charge < -0.3 is 56.0 Å². The van der Waals surface area contributed by atoms with Gasteiger partial charge in [-0.3, -0.25) is 60.2 Å². The number of aromatic nitrogens is 14. The molecule has 17 rings (SSSR count). The number of carbonyl (C=O) groups excluding carboxylic acids is 2. The second-order valence-electron chi connectivity index (χ2n) is 28.2. The third-order valence-electron chi connectivity index (χ3n) is 18.1. The maximum atomic E-state index is 14.9. The van der Waals surface area contributed by atoms with Gasteiger partial charge in [0.05, 0.1) is 166 Å². The van der Waals surface area contributed by atoms with Gasteiger partial charge in [-0.2, -0.15) is 24.2 Å². The van der Waals surface area contributed by atoms with Crippen molar-refractivity contribution < 1.29 is 191 Å². The average molecular weight is 2050 g/mol. The van der Waals surface area contributed by atoms with Crippen LogP contribution in [-0.2, 0) is 29.3 Å². The minimum Gasteiger partial charge on any atom is -1.00 e. The number of halogens is 7. The van der Waals surface area contributed by atoms with Crippen LogP contribution in [0.2, 0.25) is 19.6 Å². The van der Waals surface area contributed by atoms with Gasteiger partial charge >= 0.3 is 131 Å². The molecule has 0 spiro atoms. The number of carbonyl (C=O) groups is 2. The van der Waals surface area contributed by atoms with Crippen LogP contribution in [0.15, 0.2) is 181 Å². The number of nitro benzene ring substituents is 5. The molecule has 13 aromatic rings. The Morgan fingerprint density at radius 2 is 1.11 bits per heavy atom. The Morgan fingerprint density at radius 3 is 1.61 bits per heavy atom. The number of nitrogens with two attached hydrogens (primary N) is 1. The monoisotopic (exact) mass is 2050 g/mol. The molecule has 0 bridgehead atoms. The standard InChI is InChI=1S/C24H21FN6O2.C11H12FNO2Si.C10H9ClN4O3.C10H8ClNO3.C10H8N4O3.C10H10N4O.C6H3BrFNO2.C2H5ClO.CH2O3.2K.H/c1-14-9-18(25)17(10-21(14)30-12-20(26-13-30)15-5-6-15)24(32)28-19-4-2-3-16-22-11-27-29-31(22)7-8-33-23(16)19;1-16(2,3)8-7-9-5-4-6-10(11(9)12)13(14)15;11-4-5-18-10-7(8-6-12-14-13-8)2-1-3-9(10)15(16)17;1-2-8-4-3-5-9(12(13)14)10(8)15-7-6-11;15-14(16)8-3-1-2-7-9-6-11-12-13(9)4-5-17-10(7)8;11-8-3-1-2-7-9-6-12-13-14(9)4-5-15-10(7)8;7-4-2-1-3-5(6(4)8)9(10)11;3-1-2-4;2-1-4-3;;;/h2-4,9-13,15H,5-8H2,1H3,(H,28,32);4-6H,1-3H3;1-3,6H,4-5H2,(H,12,13,14);1,3-5H,6-7H2;1-3,6H,4-5H2;1-3,6H,4-5,11H2;1-3H;4H,1-2H2;1,3H;;;/q;;;;;;;;;2*+1;-1/p-1. The fraction of sp³-hybridized carbons (Fsp3) is 0.226. The Hall–Kier alpha value is -12.1. The van der Waals surface area contributed by atoms with Gasteiger partial charge in [-0.25, -0.2) is 23.4 Å². The van der Waals surface area contributed by atoms with Crippen LogP contribution in [0.25, 0.3) is 50.7 Å². The van der Waals surface area contributed by atoms with E-state index in [9.17, 15) is 68.5 Å². The number of H-pyrrole nitrogens is 1. The van der Waals surface area contributed by atoms with Crippen LogP contribution in [-0.4, -0.2) is 177 Å². The fourth-order valence-corrected chi connectivity index (χ4v) is 13.1. The van der Waals surface area contributed by atoms with Crippen LogP contribution in [0.5, 0.6) is 28.7 Å². The molecule has 1 fully saturated rings. The van der Waals surface area contributed by atoms with Gasteiger partial charge in [0.25, 0.3) is 12.4 Å². The maximum absolute atomic E-state index is 14.9. The van der Waals surface area contributed by atoms with Gasteiger partial charge in [0.2, 0.25) is 28.9 Å². The molecule has 0 unspecified atom stereocenters. The number of anilines is 2. The third kappa shape index (κ3) is 30.7. The van der Waals surface area contributed by atoms with Gasteiger partial charge in [-0.05, 0) is 108 Å². The molecule has 694 valence electrons. The van der Waals surface area contributed by atoms with E-state index in [-0.39, 0.29) is 186 Å². The largest absolute Gasteiger partial charge is 1.00 e. The van der Waals surface area contributed by atoms with Crippen molar-refractivity contribution in [3.05, 3.63) is 277 Å². The Balaban J connectivity index is 0.000000246. The molecule has 51 heteroatoms. The minimum atomic E-state index is -1.61. The summed E-state index contributed by atoms with van der Waals surface area (Å²) in [6.45, 7) is 11.2. The van der Waals surface area contributed by atoms with Crippen LogP contribution in [0.4, 0.5) is 53.0 Å². The molecule has 8 heterocycles. The van der Waals surface area contributed by atoms with Crippen LogP contribution >= 0.6 is 50.7 Å². The predicted octanol–water partition coefficient (Wildman–Crippen LogP) is 8.69. The van der Waals surface area contributed by atoms with Crippen molar-refractivity contribution in [2.24, 2.45) is 0 Å². The molecule has 0 atom stereocenters. The zero-order chi connectivity index (χ0) is 96.4. The number of hydrogen-bond acceptors (Lipinski definition) is 30. The molecule has 1 saturated carbocycles. The number of aromatic amines is 1. The van der Waals surface area contributed by atoms with E-state index in [2.05, 4.69) is 94.8 Å². The summed E-state index contributed by atoms with van der Waals surface area (Å²) in [7, 11) is -1.61. The van der Waals surface area contributed by atoms with Gasteiger partial charge in [0.15, 0.2) is 11.5 Å². The number of benzene rings is 8. The molecule has 0 saturated heterocycles. The zero-order valence-corrected chi connectivity index (χ0v) is 83.5. The molecule has 1 amide bonds. The molecule has 3 aliphatic heterocycles. The van der Waals surface area contributed by atoms with Crippen molar-refractivity contribution in [2.45, 2.75) is 65.0 Å².